The number of carbonyl (C=O) groups is 2. The molecule has 0 atom stereocenters. The minimum absolute atomic E-state index is 0.0202. The van der Waals surface area contributed by atoms with Crippen LogP contribution >= 0.6 is 0 Å². The molecule has 3 aromatic rings. The Morgan fingerprint density at radius 3 is 2.30 bits per heavy atom. The van der Waals surface area contributed by atoms with Crippen molar-refractivity contribution in [3.8, 4) is 5.69 Å². The molecule has 30 heavy (non-hydrogen) atoms. The van der Waals surface area contributed by atoms with E-state index in [9.17, 15) is 14.0 Å². The number of anilines is 1. The molecule has 1 saturated carbocycles. The minimum Gasteiger partial charge on any atom is -0.349 e. The van der Waals surface area contributed by atoms with E-state index >= 15 is 0 Å². The fourth-order valence-corrected chi connectivity index (χ4v) is 3.28. The molecule has 0 spiro atoms. The third kappa shape index (κ3) is 4.25. The highest BCUT2D eigenvalue weighted by Gasteiger charge is 2.24. The number of benzene rings is 2. The quantitative estimate of drug-likeness (QED) is 0.642. The lowest BCUT2D eigenvalue weighted by atomic mass is 10.0. The van der Waals surface area contributed by atoms with Gasteiger partial charge in [-0.1, -0.05) is 13.8 Å². The van der Waals surface area contributed by atoms with Gasteiger partial charge in [0.2, 0.25) is 0 Å². The van der Waals surface area contributed by atoms with Crippen LogP contribution in [0, 0.1) is 5.82 Å². The number of amides is 2. The standard InChI is InChI=1S/C23H23FN4O2/c1-14(2)21-20(13-25-28(21)19-11-5-16(24)6-12-19)23(30)27-17-7-3-15(4-8-17)22(29)26-18-9-10-18/h3-8,11-14,18H,9-10H2,1-2H3,(H,26,29)(H,27,30). The molecule has 1 aliphatic carbocycles. The molecule has 0 bridgehead atoms. The highest BCUT2D eigenvalue weighted by atomic mass is 19.1. The van der Waals surface area contributed by atoms with Crippen LogP contribution in [0.25, 0.3) is 5.69 Å². The lowest BCUT2D eigenvalue weighted by molar-refractivity contribution is 0.0950. The highest BCUT2D eigenvalue weighted by molar-refractivity contribution is 6.05. The molecule has 0 radical (unpaired) electrons. The zero-order valence-electron chi connectivity index (χ0n) is 16.9. The number of hydrogen-bond acceptors (Lipinski definition) is 3. The van der Waals surface area contributed by atoms with Gasteiger partial charge in [0.1, 0.15) is 5.82 Å². The van der Waals surface area contributed by atoms with Crippen molar-refractivity contribution in [3.63, 3.8) is 0 Å². The molecular formula is C23H23FN4O2. The first-order valence-corrected chi connectivity index (χ1v) is 9.98. The third-order valence-corrected chi connectivity index (χ3v) is 4.99. The van der Waals surface area contributed by atoms with Crippen molar-refractivity contribution in [1.82, 2.24) is 15.1 Å². The summed E-state index contributed by atoms with van der Waals surface area (Å²) in [5, 5.41) is 10.2. The van der Waals surface area contributed by atoms with Crippen LogP contribution in [0.2, 0.25) is 0 Å². The summed E-state index contributed by atoms with van der Waals surface area (Å²) in [6, 6.07) is 13.1. The van der Waals surface area contributed by atoms with Gasteiger partial charge in [0.05, 0.1) is 23.1 Å². The number of carbonyl (C=O) groups excluding carboxylic acids is 2. The van der Waals surface area contributed by atoms with Gasteiger partial charge in [-0.25, -0.2) is 9.07 Å². The van der Waals surface area contributed by atoms with E-state index in [1.807, 2.05) is 13.8 Å². The zero-order valence-corrected chi connectivity index (χ0v) is 16.9. The summed E-state index contributed by atoms with van der Waals surface area (Å²) in [4.78, 5) is 25.0. The second-order valence-corrected chi connectivity index (χ2v) is 7.77. The van der Waals surface area contributed by atoms with Crippen molar-refractivity contribution < 1.29 is 14.0 Å². The first kappa shape index (κ1) is 19.8. The molecule has 1 aliphatic rings. The molecule has 2 aromatic carbocycles. The minimum atomic E-state index is -0.329. The number of hydrogen-bond donors (Lipinski definition) is 2. The SMILES string of the molecule is CC(C)c1c(C(=O)Nc2ccc(C(=O)NC3CC3)cc2)cnn1-c1ccc(F)cc1. The van der Waals surface area contributed by atoms with E-state index in [0.29, 0.717) is 28.5 Å². The van der Waals surface area contributed by atoms with Gasteiger partial charge in [-0.15, -0.1) is 0 Å². The Bertz CT molecular complexity index is 1070. The van der Waals surface area contributed by atoms with Crippen molar-refractivity contribution >= 4 is 17.5 Å². The number of rotatable bonds is 6. The van der Waals surface area contributed by atoms with E-state index in [1.165, 1.54) is 18.3 Å². The summed E-state index contributed by atoms with van der Waals surface area (Å²) >= 11 is 0. The summed E-state index contributed by atoms with van der Waals surface area (Å²) in [7, 11) is 0. The van der Waals surface area contributed by atoms with Crippen LogP contribution in [0.3, 0.4) is 0 Å². The Balaban J connectivity index is 1.53. The second-order valence-electron chi connectivity index (χ2n) is 7.77. The lowest BCUT2D eigenvalue weighted by Crippen LogP contribution is -2.25. The monoisotopic (exact) mass is 406 g/mol. The number of halogens is 1. The van der Waals surface area contributed by atoms with Crippen LogP contribution in [-0.4, -0.2) is 27.6 Å². The second kappa shape index (κ2) is 8.10. The Kier molecular flexibility index (Phi) is 5.35. The molecule has 2 amide bonds. The molecule has 1 aromatic heterocycles. The van der Waals surface area contributed by atoms with Gasteiger partial charge in [-0.05, 0) is 67.3 Å². The topological polar surface area (TPSA) is 76.0 Å². The van der Waals surface area contributed by atoms with E-state index in [2.05, 4.69) is 15.7 Å². The fourth-order valence-electron chi connectivity index (χ4n) is 3.28. The molecular weight excluding hydrogens is 383 g/mol. The molecule has 0 saturated heterocycles. The first-order chi connectivity index (χ1) is 14.4. The van der Waals surface area contributed by atoms with E-state index in [0.717, 1.165) is 18.5 Å². The smallest absolute Gasteiger partial charge is 0.259 e. The third-order valence-electron chi connectivity index (χ3n) is 4.99. The van der Waals surface area contributed by atoms with Gasteiger partial charge in [0.15, 0.2) is 0 Å². The van der Waals surface area contributed by atoms with Gasteiger partial charge in [0, 0.05) is 17.3 Å². The van der Waals surface area contributed by atoms with Crippen LogP contribution in [0.5, 0.6) is 0 Å². The zero-order chi connectivity index (χ0) is 21.3. The molecule has 154 valence electrons. The normalized spacial score (nSPS) is 13.3. The predicted octanol–water partition coefficient (Wildman–Crippen LogP) is 4.28. The molecule has 1 fully saturated rings. The first-order valence-electron chi connectivity index (χ1n) is 9.98. The van der Waals surface area contributed by atoms with Gasteiger partial charge in [-0.3, -0.25) is 9.59 Å². The van der Waals surface area contributed by atoms with Crippen molar-refractivity contribution in [2.24, 2.45) is 0 Å². The average Bonchev–Trinajstić information content (AvgIpc) is 3.42. The molecule has 2 N–H and O–H groups in total. The average molecular weight is 406 g/mol. The van der Waals surface area contributed by atoms with Gasteiger partial charge in [0.25, 0.3) is 11.8 Å². The molecule has 4 rings (SSSR count). The summed E-state index contributed by atoms with van der Waals surface area (Å²) < 4.78 is 14.9. The number of aromatic nitrogens is 2. The van der Waals surface area contributed by atoms with Crippen LogP contribution in [0.4, 0.5) is 10.1 Å². The van der Waals surface area contributed by atoms with E-state index < -0.39 is 0 Å². The van der Waals surface area contributed by atoms with Crippen molar-refractivity contribution in [2.75, 3.05) is 5.32 Å². The Hall–Kier alpha value is -3.48. The maximum Gasteiger partial charge on any atom is 0.259 e. The number of nitrogens with zero attached hydrogens (tertiary/aromatic N) is 2. The largest absolute Gasteiger partial charge is 0.349 e. The predicted molar refractivity (Wildman–Crippen MR) is 112 cm³/mol. The molecule has 0 aliphatic heterocycles. The van der Waals surface area contributed by atoms with Crippen LogP contribution < -0.4 is 10.6 Å². The van der Waals surface area contributed by atoms with Gasteiger partial charge in [-0.2, -0.15) is 5.10 Å². The van der Waals surface area contributed by atoms with E-state index in [-0.39, 0.29) is 23.5 Å². The highest BCUT2D eigenvalue weighted by Crippen LogP contribution is 2.24. The molecule has 6 nitrogen and oxygen atoms in total. The summed E-state index contributed by atoms with van der Waals surface area (Å²) in [6.45, 7) is 3.95. The van der Waals surface area contributed by atoms with Crippen LogP contribution in [0.1, 0.15) is 59.0 Å². The molecule has 7 heteroatoms. The molecule has 0 unspecified atom stereocenters. The Labute approximate surface area is 174 Å². The van der Waals surface area contributed by atoms with Gasteiger partial charge >= 0.3 is 0 Å². The Morgan fingerprint density at radius 2 is 1.70 bits per heavy atom. The van der Waals surface area contributed by atoms with Gasteiger partial charge < -0.3 is 10.6 Å². The maximum atomic E-state index is 13.3. The fraction of sp³-hybridized carbons (Fsp3) is 0.261. The lowest BCUT2D eigenvalue weighted by Gasteiger charge is -2.13. The van der Waals surface area contributed by atoms with Crippen LogP contribution in [0.15, 0.2) is 54.7 Å². The van der Waals surface area contributed by atoms with E-state index in [4.69, 9.17) is 0 Å². The molecule has 1 heterocycles. The summed E-state index contributed by atoms with van der Waals surface area (Å²) in [5.41, 5.74) is 3.02. The number of nitrogens with one attached hydrogen (secondary N) is 2. The van der Waals surface area contributed by atoms with Crippen molar-refractivity contribution in [3.05, 3.63) is 77.4 Å². The van der Waals surface area contributed by atoms with E-state index in [1.54, 1.807) is 41.1 Å². The maximum absolute atomic E-state index is 13.3. The van der Waals surface area contributed by atoms with Crippen LogP contribution in [-0.2, 0) is 0 Å². The Morgan fingerprint density at radius 1 is 1.03 bits per heavy atom. The van der Waals surface area contributed by atoms with Crippen molar-refractivity contribution in [1.29, 1.82) is 0 Å². The van der Waals surface area contributed by atoms with Crippen molar-refractivity contribution in [2.45, 2.75) is 38.6 Å². The summed E-state index contributed by atoms with van der Waals surface area (Å²) in [6.07, 6.45) is 3.58. The summed E-state index contributed by atoms with van der Waals surface area (Å²) in [5.74, 6) is -0.698.